The molecule has 0 bridgehead atoms. The molecular weight excluding hydrogens is 1600 g/mol. The zero-order chi connectivity index (χ0) is 80.9. The number of hydrogen-bond acceptors (Lipinski definition) is 27. The van der Waals surface area contributed by atoms with Crippen molar-refractivity contribution in [1.82, 2.24) is 0 Å². The highest BCUT2D eigenvalue weighted by atomic mass is 28.5. The first-order valence-corrected chi connectivity index (χ1v) is 74.7. The highest BCUT2D eigenvalue weighted by Gasteiger charge is 2.50. The van der Waals surface area contributed by atoms with E-state index in [0.29, 0.717) is 116 Å². The van der Waals surface area contributed by atoms with Gasteiger partial charge in [0, 0.05) is 58.4 Å². The van der Waals surface area contributed by atoms with Crippen LogP contribution in [0.5, 0.6) is 0 Å². The maximum absolute atomic E-state index is 11.9. The topological polar surface area (TPSA) is 307 Å². The van der Waals surface area contributed by atoms with Crippen LogP contribution in [-0.2, 0) is 108 Å². The van der Waals surface area contributed by atoms with Gasteiger partial charge in [-0.3, -0.25) is 0 Å². The van der Waals surface area contributed by atoms with E-state index in [1.165, 1.54) is 0 Å². The number of carbonyl (C=O) groups is 1. The second kappa shape index (κ2) is 50.7. The van der Waals surface area contributed by atoms with Gasteiger partial charge in [0.2, 0.25) is 0 Å². The third-order valence-electron chi connectivity index (χ3n) is 17.4. The van der Waals surface area contributed by atoms with E-state index in [-0.39, 0.29) is 38.4 Å². The van der Waals surface area contributed by atoms with Gasteiger partial charge in [0.1, 0.15) is 37.8 Å². The fourth-order valence-corrected chi connectivity index (χ4v) is 71.1. The highest BCUT2D eigenvalue weighted by Crippen LogP contribution is 2.35. The van der Waals surface area contributed by atoms with E-state index in [9.17, 15) is 4.79 Å². The predicted molar refractivity (Wildman–Crippen MR) is 450 cm³/mol. The smallest absolute Gasteiger partial charge is 0.333 e. The van der Waals surface area contributed by atoms with Crippen molar-refractivity contribution in [3.05, 3.63) is 12.2 Å². The van der Waals surface area contributed by atoms with Gasteiger partial charge in [-0.05, 0) is 244 Å². The summed E-state index contributed by atoms with van der Waals surface area (Å²) in [5, 5.41) is 26.8. The summed E-state index contributed by atoms with van der Waals surface area (Å²) in [5.74, 6) is -0.356. The van der Waals surface area contributed by atoms with Gasteiger partial charge in [-0.25, -0.2) is 4.79 Å². The Bertz CT molecular complexity index is 2430. The average molecular weight is 1750 g/mol. The van der Waals surface area contributed by atoms with Crippen molar-refractivity contribution in [2.24, 2.45) is 0 Å². The van der Waals surface area contributed by atoms with Crippen LogP contribution in [0, 0.1) is 0 Å². The molecule has 27 nitrogen and oxygen atoms in total. The number of aliphatic hydroxyl groups is 3. The molecule has 640 valence electrons. The third-order valence-corrected chi connectivity index (χ3v) is 65.7. The molecule has 5 aliphatic heterocycles. The van der Waals surface area contributed by atoms with Crippen LogP contribution in [0.15, 0.2) is 12.2 Å². The summed E-state index contributed by atoms with van der Waals surface area (Å²) in [6, 6.07) is 8.15. The van der Waals surface area contributed by atoms with Crippen molar-refractivity contribution in [2.75, 3.05) is 152 Å². The molecular formula is C69H154O27Si12. The summed E-state index contributed by atoms with van der Waals surface area (Å²) in [4.78, 5) is 11.9. The van der Waals surface area contributed by atoms with Gasteiger partial charge in [-0.2, -0.15) is 0 Å². The molecule has 0 aromatic carbocycles. The van der Waals surface area contributed by atoms with E-state index in [0.717, 1.165) is 139 Å². The molecule has 0 radical (unpaired) electrons. The van der Waals surface area contributed by atoms with Crippen molar-refractivity contribution < 1.29 is 123 Å². The Morgan fingerprint density at radius 3 is 0.889 bits per heavy atom. The maximum Gasteiger partial charge on any atom is 0.333 e. The molecule has 0 saturated carbocycles. The number of hydrogen-bond donors (Lipinski definition) is 3. The molecule has 0 spiro atoms. The lowest BCUT2D eigenvalue weighted by Gasteiger charge is -2.43. The Labute approximate surface area is 665 Å². The summed E-state index contributed by atoms with van der Waals surface area (Å²) >= 11 is 0. The first kappa shape index (κ1) is 103. The van der Waals surface area contributed by atoms with Gasteiger partial charge < -0.3 is 119 Å². The molecule has 8 atom stereocenters. The average Bonchev–Trinajstić information content (AvgIpc) is 1.82. The van der Waals surface area contributed by atoms with Crippen LogP contribution < -0.4 is 0 Å². The standard InChI is InChI=1S/C26H54O9Si4.C22H52O9Si4.C21H48O9Si4/c1-23(2)26(27)30-15-12-18-39(9,34-37(5,6)17-11-14-29-20-25-22-32-25)35-38(7,8)33-36(3,4)16-10-13-28-19-24-21-31-24;1-32(2,17-8-12-25-14-10-23)29-34(5,6)31-35(7,18-9-13-27-20-22-21-28-22)30-33(3,4)19-16-26-15-11-24;1-31(2,13-8-10-23-16-20-17-26-20)28-33(5,6)30-34(7,14-9-11-24-19-22)29-32(3,4)15-12-25-21-18-27-21/h24-25H,1,10-22H2,2-9H3;22-24H,8-21H2,1-7H3;20-22H,8-19H2,1-7H3. The third kappa shape index (κ3) is 55.5. The Balaban J connectivity index is 0.000000421. The minimum Gasteiger partial charge on any atom is -0.462 e. The van der Waals surface area contributed by atoms with Gasteiger partial charge >= 0.3 is 57.3 Å². The monoisotopic (exact) mass is 1750 g/mol. The molecule has 0 aliphatic carbocycles. The molecule has 5 fully saturated rings. The molecule has 0 aromatic heterocycles. The molecule has 108 heavy (non-hydrogen) atoms. The van der Waals surface area contributed by atoms with E-state index in [1.807, 2.05) is 0 Å². The van der Waals surface area contributed by atoms with Crippen molar-refractivity contribution in [1.29, 1.82) is 0 Å². The lowest BCUT2D eigenvalue weighted by Crippen LogP contribution is -2.58. The van der Waals surface area contributed by atoms with Gasteiger partial charge in [0.25, 0.3) is 0 Å². The highest BCUT2D eigenvalue weighted by molar-refractivity contribution is 6.92. The molecule has 3 N–H and O–H groups in total. The lowest BCUT2D eigenvalue weighted by atomic mass is 10.4. The van der Waals surface area contributed by atoms with Crippen LogP contribution in [-0.4, -0.2) is 305 Å². The van der Waals surface area contributed by atoms with Crippen LogP contribution in [0.4, 0.5) is 0 Å². The minimum atomic E-state index is -2.64. The molecule has 5 heterocycles. The zero-order valence-corrected chi connectivity index (χ0v) is 83.3. The Morgan fingerprint density at radius 1 is 0.324 bits per heavy atom. The molecule has 5 rings (SSSR count). The number of epoxide rings is 5. The normalized spacial score (nSPS) is 20.7. The van der Waals surface area contributed by atoms with Crippen LogP contribution in [0.2, 0.25) is 192 Å². The summed E-state index contributed by atoms with van der Waals surface area (Å²) < 4.78 is 138. The van der Waals surface area contributed by atoms with Crippen molar-refractivity contribution >= 4 is 107 Å². The number of esters is 1. The van der Waals surface area contributed by atoms with Gasteiger partial charge in [-0.1, -0.05) is 6.58 Å². The predicted octanol–water partition coefficient (Wildman–Crippen LogP) is 12.5. The number of carbonyl (C=O) groups excluding carboxylic acids is 1. The fraction of sp³-hybridized carbons (Fsp3) is 0.957. The molecule has 0 amide bonds. The quantitative estimate of drug-likeness (QED) is 0.0127. The first-order valence-electron chi connectivity index (χ1n) is 40.0. The fourth-order valence-electron chi connectivity index (χ4n) is 12.9. The largest absolute Gasteiger partial charge is 0.462 e. The van der Waals surface area contributed by atoms with Crippen molar-refractivity contribution in [2.45, 2.75) is 274 Å². The van der Waals surface area contributed by atoms with Crippen molar-refractivity contribution in [3.8, 4) is 0 Å². The minimum absolute atomic E-state index is 0.0281. The number of ether oxygens (including phenoxy) is 14. The van der Waals surface area contributed by atoms with Crippen LogP contribution >= 0.6 is 0 Å². The van der Waals surface area contributed by atoms with Crippen LogP contribution in [0.1, 0.15) is 51.9 Å². The lowest BCUT2D eigenvalue weighted by molar-refractivity contribution is -0.139. The summed E-state index contributed by atoms with van der Waals surface area (Å²) in [7, 11) is -27.1. The second-order valence-corrected chi connectivity index (χ2v) is 82.8. The molecule has 39 heteroatoms. The van der Waals surface area contributed by atoms with Gasteiger partial charge in [-0.15, -0.1) is 0 Å². The molecule has 8 unspecified atom stereocenters. The summed E-state index contributed by atoms with van der Waals surface area (Å²) in [6.07, 6.45) is 7.35. The number of rotatable bonds is 67. The van der Waals surface area contributed by atoms with Crippen molar-refractivity contribution in [3.63, 3.8) is 0 Å². The zero-order valence-electron chi connectivity index (χ0n) is 71.3. The summed E-state index contributed by atoms with van der Waals surface area (Å²) in [6.45, 7) is 64.4. The van der Waals surface area contributed by atoms with Gasteiger partial charge in [0.05, 0.1) is 85.9 Å². The van der Waals surface area contributed by atoms with Gasteiger partial charge in [0.15, 0.2) is 56.2 Å². The number of aliphatic hydroxyl groups excluding tert-OH is 3. The van der Waals surface area contributed by atoms with E-state index in [1.54, 1.807) is 6.92 Å². The molecule has 5 saturated heterocycles. The van der Waals surface area contributed by atoms with E-state index in [4.69, 9.17) is 119 Å². The Morgan fingerprint density at radius 2 is 0.593 bits per heavy atom. The van der Waals surface area contributed by atoms with E-state index >= 15 is 0 Å². The van der Waals surface area contributed by atoms with E-state index in [2.05, 4.69) is 144 Å². The summed E-state index contributed by atoms with van der Waals surface area (Å²) in [5.41, 5.74) is 0.409. The van der Waals surface area contributed by atoms with Crippen LogP contribution in [0.3, 0.4) is 0 Å². The molecule has 0 aromatic rings. The maximum atomic E-state index is 11.9. The van der Waals surface area contributed by atoms with Crippen LogP contribution in [0.25, 0.3) is 0 Å². The molecule has 5 aliphatic rings. The SMILES string of the molecule is C=C(C)C(=O)OCCC[Si](C)(O[Si](C)(C)CCCOCC1CO1)O[Si](C)(C)O[Si](C)(C)CCCOCC1CO1.C[Si](C)(CCCOCC1CO1)O[Si](C)(C)O[Si](C)(CCCOCO)O[Si](C)(C)CCOC1CO1.C[Si](C)(CCCOCCO)O[Si](C)(C)O[Si](C)(CCCOCC1CO1)O[Si](C)(C)CCOCCO. The first-order chi connectivity index (χ1) is 50.3. The Kier molecular flexibility index (Phi) is 48.3. The Hall–Kier alpha value is 0.813. The van der Waals surface area contributed by atoms with E-state index < -0.39 is 101 Å². The second-order valence-electron chi connectivity index (χ2n) is 34.7.